The van der Waals surface area contributed by atoms with Gasteiger partial charge in [0.2, 0.25) is 11.9 Å². The van der Waals surface area contributed by atoms with E-state index in [1.54, 1.807) is 25.4 Å². The number of sulfonamides is 1. The van der Waals surface area contributed by atoms with Crippen molar-refractivity contribution in [2.24, 2.45) is 0 Å². The zero-order valence-electron chi connectivity index (χ0n) is 18.9. The first kappa shape index (κ1) is 24.3. The van der Waals surface area contributed by atoms with Crippen LogP contribution >= 0.6 is 11.8 Å². The molecule has 0 aliphatic heterocycles. The number of carbonyl (C=O) groups is 1. The van der Waals surface area contributed by atoms with E-state index >= 15 is 0 Å². The number of aromatic nitrogens is 6. The van der Waals surface area contributed by atoms with Crippen LogP contribution in [0.4, 0.5) is 11.6 Å². The van der Waals surface area contributed by atoms with Crippen LogP contribution in [0.2, 0.25) is 0 Å². The van der Waals surface area contributed by atoms with Crippen molar-refractivity contribution in [2.75, 3.05) is 15.8 Å². The highest BCUT2D eigenvalue weighted by molar-refractivity contribution is 7.99. The Hall–Kier alpha value is -3.84. The lowest BCUT2D eigenvalue weighted by Gasteiger charge is -2.09. The topological polar surface area (TPSA) is 145 Å². The number of aryl methyl sites for hydroxylation is 1. The Morgan fingerprint density at radius 2 is 1.77 bits per heavy atom. The molecule has 3 aromatic heterocycles. The second-order valence-electron chi connectivity index (χ2n) is 7.27. The quantitative estimate of drug-likeness (QED) is 0.325. The van der Waals surface area contributed by atoms with Crippen molar-refractivity contribution in [3.63, 3.8) is 0 Å². The Bertz CT molecular complexity index is 1420. The lowest BCUT2D eigenvalue weighted by atomic mass is 10.2. The smallest absolute Gasteiger partial charge is 0.264 e. The van der Waals surface area contributed by atoms with Crippen LogP contribution in [0.3, 0.4) is 0 Å². The minimum Gasteiger partial charge on any atom is -0.325 e. The summed E-state index contributed by atoms with van der Waals surface area (Å²) >= 11 is 1.27. The van der Waals surface area contributed by atoms with Crippen LogP contribution < -0.4 is 10.0 Å². The van der Waals surface area contributed by atoms with Gasteiger partial charge in [0, 0.05) is 42.1 Å². The molecule has 1 aromatic carbocycles. The van der Waals surface area contributed by atoms with Gasteiger partial charge in [-0.3, -0.25) is 9.78 Å². The maximum Gasteiger partial charge on any atom is 0.264 e. The molecule has 4 aromatic rings. The summed E-state index contributed by atoms with van der Waals surface area (Å²) in [6, 6.07) is 11.2. The summed E-state index contributed by atoms with van der Waals surface area (Å²) < 4.78 is 29.4. The minimum atomic E-state index is -3.86. The average Bonchev–Trinajstić information content (AvgIpc) is 3.26. The van der Waals surface area contributed by atoms with Crippen molar-refractivity contribution in [1.29, 1.82) is 0 Å². The summed E-state index contributed by atoms with van der Waals surface area (Å²) in [5.41, 5.74) is 2.00. The highest BCUT2D eigenvalue weighted by Crippen LogP contribution is 2.24. The van der Waals surface area contributed by atoms with E-state index in [9.17, 15) is 13.2 Å². The van der Waals surface area contributed by atoms with Gasteiger partial charge in [0.1, 0.15) is 0 Å². The Labute approximate surface area is 206 Å². The van der Waals surface area contributed by atoms with Gasteiger partial charge in [-0.1, -0.05) is 11.8 Å². The number of hydrogen-bond donors (Lipinski definition) is 2. The molecule has 1 amide bonds. The predicted molar refractivity (Wildman–Crippen MR) is 132 cm³/mol. The SMILES string of the molecule is CCn1c(SCC(=O)Nc2ccc(S(=O)(=O)Nc3nccc(C)n3)cc2)nnc1-c1ccncc1. The van der Waals surface area contributed by atoms with Crippen LogP contribution in [0.15, 0.2) is 71.1 Å². The van der Waals surface area contributed by atoms with Crippen LogP contribution in [0.5, 0.6) is 0 Å². The molecule has 180 valence electrons. The van der Waals surface area contributed by atoms with Crippen LogP contribution in [0, 0.1) is 6.92 Å². The fourth-order valence-electron chi connectivity index (χ4n) is 3.12. The first-order valence-electron chi connectivity index (χ1n) is 10.5. The van der Waals surface area contributed by atoms with E-state index in [2.05, 4.69) is 35.2 Å². The van der Waals surface area contributed by atoms with E-state index in [4.69, 9.17) is 0 Å². The van der Waals surface area contributed by atoms with Crippen LogP contribution in [0.1, 0.15) is 12.6 Å². The molecular weight excluding hydrogens is 488 g/mol. The van der Waals surface area contributed by atoms with Crippen molar-refractivity contribution in [2.45, 2.75) is 30.4 Å². The van der Waals surface area contributed by atoms with Crippen molar-refractivity contribution in [3.05, 3.63) is 66.7 Å². The fraction of sp³-hybridized carbons (Fsp3) is 0.182. The number of rotatable bonds is 9. The molecule has 0 aliphatic carbocycles. The molecule has 35 heavy (non-hydrogen) atoms. The first-order chi connectivity index (χ1) is 16.9. The Kier molecular flexibility index (Phi) is 7.36. The largest absolute Gasteiger partial charge is 0.325 e. The Balaban J connectivity index is 1.37. The van der Waals surface area contributed by atoms with Gasteiger partial charge in [-0.15, -0.1) is 10.2 Å². The molecule has 2 N–H and O–H groups in total. The zero-order chi connectivity index (χ0) is 24.8. The number of nitrogens with one attached hydrogen (secondary N) is 2. The first-order valence-corrected chi connectivity index (χ1v) is 13.0. The highest BCUT2D eigenvalue weighted by atomic mass is 32.2. The molecule has 0 aliphatic rings. The number of thioether (sulfide) groups is 1. The molecule has 0 spiro atoms. The monoisotopic (exact) mass is 510 g/mol. The van der Waals surface area contributed by atoms with Gasteiger partial charge in [-0.2, -0.15) is 0 Å². The summed E-state index contributed by atoms with van der Waals surface area (Å²) in [5.74, 6) is 0.555. The molecule has 13 heteroatoms. The number of nitrogens with zero attached hydrogens (tertiary/aromatic N) is 6. The Morgan fingerprint density at radius 3 is 2.46 bits per heavy atom. The van der Waals surface area contributed by atoms with E-state index in [-0.39, 0.29) is 22.5 Å². The van der Waals surface area contributed by atoms with Crippen molar-refractivity contribution < 1.29 is 13.2 Å². The maximum absolute atomic E-state index is 12.6. The van der Waals surface area contributed by atoms with Gasteiger partial charge in [-0.05, 0) is 56.3 Å². The molecule has 0 fully saturated rings. The van der Waals surface area contributed by atoms with Crippen LogP contribution in [-0.4, -0.2) is 49.8 Å². The molecule has 0 radical (unpaired) electrons. The second-order valence-corrected chi connectivity index (χ2v) is 9.90. The van der Waals surface area contributed by atoms with Gasteiger partial charge < -0.3 is 9.88 Å². The van der Waals surface area contributed by atoms with Crippen LogP contribution in [0.25, 0.3) is 11.4 Å². The van der Waals surface area contributed by atoms with Gasteiger partial charge in [-0.25, -0.2) is 23.1 Å². The van der Waals surface area contributed by atoms with E-state index in [1.165, 1.54) is 42.2 Å². The summed E-state index contributed by atoms with van der Waals surface area (Å²) in [6.45, 7) is 4.36. The van der Waals surface area contributed by atoms with Gasteiger partial charge in [0.05, 0.1) is 10.6 Å². The van der Waals surface area contributed by atoms with Gasteiger partial charge >= 0.3 is 0 Å². The third kappa shape index (κ3) is 6.00. The number of pyridine rings is 1. The molecule has 0 atom stereocenters. The van der Waals surface area contributed by atoms with E-state index < -0.39 is 10.0 Å². The summed E-state index contributed by atoms with van der Waals surface area (Å²) in [5, 5.41) is 11.8. The molecule has 3 heterocycles. The zero-order valence-corrected chi connectivity index (χ0v) is 20.5. The number of benzene rings is 1. The minimum absolute atomic E-state index is 0.00794. The number of carbonyl (C=O) groups excluding carboxylic acids is 1. The highest BCUT2D eigenvalue weighted by Gasteiger charge is 2.17. The predicted octanol–water partition coefficient (Wildman–Crippen LogP) is 2.99. The summed E-state index contributed by atoms with van der Waals surface area (Å²) in [7, 11) is -3.86. The van der Waals surface area contributed by atoms with Crippen molar-refractivity contribution in [3.8, 4) is 11.4 Å². The molecule has 11 nitrogen and oxygen atoms in total. The maximum atomic E-state index is 12.6. The van der Waals surface area contributed by atoms with Crippen molar-refractivity contribution in [1.82, 2.24) is 29.7 Å². The number of amides is 1. The lowest BCUT2D eigenvalue weighted by Crippen LogP contribution is -2.16. The van der Waals surface area contributed by atoms with Gasteiger partial charge in [0.15, 0.2) is 11.0 Å². The molecule has 4 rings (SSSR count). The summed E-state index contributed by atoms with van der Waals surface area (Å²) in [4.78, 5) is 24.5. The lowest BCUT2D eigenvalue weighted by molar-refractivity contribution is -0.113. The standard InChI is InChI=1S/C22H22N8O3S2/c1-3-30-20(16-9-11-23-12-10-16)27-28-22(30)34-14-19(31)26-17-4-6-18(7-5-17)35(32,33)29-21-24-13-8-15(2)25-21/h4-13H,3,14H2,1-2H3,(H,26,31)(H,24,25,29). The van der Waals surface area contributed by atoms with Crippen molar-refractivity contribution >= 4 is 39.3 Å². The Morgan fingerprint density at radius 1 is 1.03 bits per heavy atom. The van der Waals surface area contributed by atoms with E-state index in [0.717, 1.165) is 5.56 Å². The molecule has 0 unspecified atom stereocenters. The average molecular weight is 511 g/mol. The summed E-state index contributed by atoms with van der Waals surface area (Å²) in [6.07, 6.45) is 4.85. The van der Waals surface area contributed by atoms with Crippen LogP contribution in [-0.2, 0) is 21.4 Å². The second kappa shape index (κ2) is 10.6. The van der Waals surface area contributed by atoms with Gasteiger partial charge in [0.25, 0.3) is 10.0 Å². The molecule has 0 saturated heterocycles. The third-order valence-corrected chi connectivity index (χ3v) is 7.08. The normalized spacial score (nSPS) is 11.3. The molecular formula is C22H22N8O3S2. The fourth-order valence-corrected chi connectivity index (χ4v) is 4.87. The number of anilines is 2. The molecule has 0 bridgehead atoms. The van der Waals surface area contributed by atoms with E-state index in [0.29, 0.717) is 28.9 Å². The molecule has 0 saturated carbocycles. The van der Waals surface area contributed by atoms with E-state index in [1.807, 2.05) is 23.6 Å². The third-order valence-electron chi connectivity index (χ3n) is 4.77. The number of hydrogen-bond acceptors (Lipinski definition) is 9.